The molecule has 0 bridgehead atoms. The normalized spacial score (nSPS) is 10.8. The van der Waals surface area contributed by atoms with Gasteiger partial charge in [0.2, 0.25) is 5.16 Å². The molecule has 0 fully saturated rings. The van der Waals surface area contributed by atoms with Gasteiger partial charge in [-0.3, -0.25) is 4.79 Å². The molecule has 0 aliphatic rings. The molecule has 0 unspecified atom stereocenters. The van der Waals surface area contributed by atoms with Gasteiger partial charge in [0.15, 0.2) is 18.1 Å². The summed E-state index contributed by atoms with van der Waals surface area (Å²) < 4.78 is 12.7. The molecule has 1 aromatic heterocycles. The van der Waals surface area contributed by atoms with E-state index in [1.165, 1.54) is 0 Å². The number of carbonyl (C=O) groups excluding carboxylic acids is 1. The zero-order valence-electron chi connectivity index (χ0n) is 18.8. The van der Waals surface area contributed by atoms with Crippen molar-refractivity contribution < 1.29 is 14.3 Å². The van der Waals surface area contributed by atoms with E-state index < -0.39 is 0 Å². The standard InChI is InChI=1S/C22H27ClN6O3S/c1-15-5-7-17(8-6-15)25-21(30)14-32-20-12-18(23)16(11-19(20)31-3)13-24-9-4-10-33-22-26-27-28-29(22)2/h5-8,11-12,24H,4,9-10,13-14H2,1-3H3,(H,25,30). The van der Waals surface area contributed by atoms with Gasteiger partial charge in [-0.25, -0.2) is 4.68 Å². The molecule has 2 N–H and O–H groups in total. The number of halogens is 1. The summed E-state index contributed by atoms with van der Waals surface area (Å²) in [5.74, 6) is 1.57. The van der Waals surface area contributed by atoms with E-state index in [-0.39, 0.29) is 12.5 Å². The quantitative estimate of drug-likeness (QED) is 0.294. The molecule has 176 valence electrons. The number of thioether (sulfide) groups is 1. The minimum absolute atomic E-state index is 0.156. The van der Waals surface area contributed by atoms with Crippen molar-refractivity contribution in [3.63, 3.8) is 0 Å². The van der Waals surface area contributed by atoms with Crippen LogP contribution in [0, 0.1) is 6.92 Å². The maximum absolute atomic E-state index is 12.2. The van der Waals surface area contributed by atoms with Crippen molar-refractivity contribution in [1.29, 1.82) is 0 Å². The molecule has 0 radical (unpaired) electrons. The maximum Gasteiger partial charge on any atom is 0.262 e. The molecule has 2 aromatic carbocycles. The van der Waals surface area contributed by atoms with E-state index in [1.807, 2.05) is 44.3 Å². The van der Waals surface area contributed by atoms with E-state index in [1.54, 1.807) is 29.6 Å². The Kier molecular flexibility index (Phi) is 9.35. The van der Waals surface area contributed by atoms with E-state index in [0.29, 0.717) is 28.8 Å². The number of hydrogen-bond acceptors (Lipinski definition) is 8. The third-order valence-electron chi connectivity index (χ3n) is 4.65. The zero-order chi connectivity index (χ0) is 23.6. The Bertz CT molecular complexity index is 1060. The van der Waals surface area contributed by atoms with Gasteiger partial charge in [-0.2, -0.15) is 0 Å². The highest BCUT2D eigenvalue weighted by Gasteiger charge is 2.13. The number of aromatic nitrogens is 4. The molecule has 33 heavy (non-hydrogen) atoms. The predicted molar refractivity (Wildman–Crippen MR) is 129 cm³/mol. The lowest BCUT2D eigenvalue weighted by Crippen LogP contribution is -2.20. The van der Waals surface area contributed by atoms with Crippen molar-refractivity contribution in [2.24, 2.45) is 7.05 Å². The second-order valence-corrected chi connectivity index (χ2v) is 8.73. The highest BCUT2D eigenvalue weighted by molar-refractivity contribution is 7.99. The van der Waals surface area contributed by atoms with Crippen LogP contribution in [0.15, 0.2) is 41.6 Å². The summed E-state index contributed by atoms with van der Waals surface area (Å²) in [5, 5.41) is 18.9. The lowest BCUT2D eigenvalue weighted by atomic mass is 10.2. The summed E-state index contributed by atoms with van der Waals surface area (Å²) in [6.07, 6.45) is 0.948. The Morgan fingerprint density at radius 2 is 2.00 bits per heavy atom. The Hall–Kier alpha value is -2.82. The molecule has 9 nitrogen and oxygen atoms in total. The number of carbonyl (C=O) groups is 1. The smallest absolute Gasteiger partial charge is 0.262 e. The Morgan fingerprint density at radius 1 is 1.21 bits per heavy atom. The van der Waals surface area contributed by atoms with E-state index in [2.05, 4.69) is 26.2 Å². The summed E-state index contributed by atoms with van der Waals surface area (Å²) in [6, 6.07) is 11.0. The summed E-state index contributed by atoms with van der Waals surface area (Å²) in [6.45, 7) is 3.23. The van der Waals surface area contributed by atoms with Crippen LogP contribution in [-0.4, -0.2) is 52.1 Å². The molecular weight excluding hydrogens is 464 g/mol. The average molecular weight is 491 g/mol. The third-order valence-corrected chi connectivity index (χ3v) is 6.10. The summed E-state index contributed by atoms with van der Waals surface area (Å²) in [5.41, 5.74) is 2.72. The highest BCUT2D eigenvalue weighted by atomic mass is 35.5. The second-order valence-electron chi connectivity index (χ2n) is 7.26. The third kappa shape index (κ3) is 7.62. The lowest BCUT2D eigenvalue weighted by molar-refractivity contribution is -0.118. The van der Waals surface area contributed by atoms with Crippen LogP contribution in [0.5, 0.6) is 11.5 Å². The average Bonchev–Trinajstić information content (AvgIpc) is 3.21. The lowest BCUT2D eigenvalue weighted by Gasteiger charge is -2.14. The van der Waals surface area contributed by atoms with Gasteiger partial charge in [0, 0.05) is 36.1 Å². The number of tetrazole rings is 1. The monoisotopic (exact) mass is 490 g/mol. The first-order chi connectivity index (χ1) is 16.0. The first-order valence-electron chi connectivity index (χ1n) is 10.4. The van der Waals surface area contributed by atoms with Crippen molar-refractivity contribution in [2.45, 2.75) is 25.0 Å². The molecular formula is C22H27ClN6O3S. The molecule has 0 saturated heterocycles. The van der Waals surface area contributed by atoms with Gasteiger partial charge in [-0.15, -0.1) is 5.10 Å². The number of amides is 1. The van der Waals surface area contributed by atoms with Crippen LogP contribution in [0.4, 0.5) is 5.69 Å². The summed E-state index contributed by atoms with van der Waals surface area (Å²) >= 11 is 8.05. The fourth-order valence-corrected chi connectivity index (χ4v) is 3.90. The number of methoxy groups -OCH3 is 1. The number of rotatable bonds is 12. The van der Waals surface area contributed by atoms with Crippen molar-refractivity contribution in [1.82, 2.24) is 25.5 Å². The molecule has 3 aromatic rings. The number of benzene rings is 2. The number of ether oxygens (including phenoxy) is 2. The first-order valence-corrected chi connectivity index (χ1v) is 11.7. The second kappa shape index (κ2) is 12.4. The van der Waals surface area contributed by atoms with E-state index >= 15 is 0 Å². The molecule has 0 atom stereocenters. The van der Waals surface area contributed by atoms with Crippen LogP contribution in [-0.2, 0) is 18.4 Å². The van der Waals surface area contributed by atoms with Gasteiger partial charge < -0.3 is 20.1 Å². The van der Waals surface area contributed by atoms with E-state index in [9.17, 15) is 4.79 Å². The zero-order valence-corrected chi connectivity index (χ0v) is 20.4. The van der Waals surface area contributed by atoms with Crippen molar-refractivity contribution in [3.8, 4) is 11.5 Å². The van der Waals surface area contributed by atoms with Crippen LogP contribution >= 0.6 is 23.4 Å². The maximum atomic E-state index is 12.2. The fourth-order valence-electron chi connectivity index (χ4n) is 2.89. The SMILES string of the molecule is COc1cc(CNCCCSc2nnnn2C)c(Cl)cc1OCC(=O)Nc1ccc(C)cc1. The fraction of sp³-hybridized carbons (Fsp3) is 0.364. The van der Waals surface area contributed by atoms with Crippen LogP contribution < -0.4 is 20.1 Å². The van der Waals surface area contributed by atoms with Crippen LogP contribution in [0.25, 0.3) is 0 Å². The first kappa shape index (κ1) is 24.8. The predicted octanol–water partition coefficient (Wildman–Crippen LogP) is 3.47. The molecule has 3 rings (SSSR count). The highest BCUT2D eigenvalue weighted by Crippen LogP contribution is 2.33. The number of aryl methyl sites for hydroxylation is 2. The van der Waals surface area contributed by atoms with Crippen LogP contribution in [0.3, 0.4) is 0 Å². The largest absolute Gasteiger partial charge is 0.493 e. The minimum Gasteiger partial charge on any atom is -0.493 e. The van der Waals surface area contributed by atoms with Gasteiger partial charge in [-0.05, 0) is 54.1 Å². The molecule has 1 heterocycles. The van der Waals surface area contributed by atoms with E-state index in [4.69, 9.17) is 21.1 Å². The van der Waals surface area contributed by atoms with E-state index in [0.717, 1.165) is 35.0 Å². The number of anilines is 1. The Balaban J connectivity index is 1.45. The molecule has 1 amide bonds. The summed E-state index contributed by atoms with van der Waals surface area (Å²) in [4.78, 5) is 12.2. The molecule has 0 aliphatic carbocycles. The number of hydrogen-bond donors (Lipinski definition) is 2. The molecule has 0 aliphatic heterocycles. The van der Waals surface area contributed by atoms with Crippen molar-refractivity contribution >= 4 is 35.0 Å². The van der Waals surface area contributed by atoms with Crippen molar-refractivity contribution in [2.75, 3.05) is 31.3 Å². The molecule has 0 spiro atoms. The van der Waals surface area contributed by atoms with Crippen LogP contribution in [0.1, 0.15) is 17.5 Å². The van der Waals surface area contributed by atoms with Gasteiger partial charge >= 0.3 is 0 Å². The van der Waals surface area contributed by atoms with Gasteiger partial charge in [-0.1, -0.05) is 41.1 Å². The van der Waals surface area contributed by atoms with Crippen molar-refractivity contribution in [3.05, 3.63) is 52.5 Å². The van der Waals surface area contributed by atoms with Gasteiger partial charge in [0.1, 0.15) is 0 Å². The van der Waals surface area contributed by atoms with Gasteiger partial charge in [0.05, 0.1) is 7.11 Å². The minimum atomic E-state index is -0.266. The summed E-state index contributed by atoms with van der Waals surface area (Å²) in [7, 11) is 3.37. The van der Waals surface area contributed by atoms with Gasteiger partial charge in [0.25, 0.3) is 5.91 Å². The molecule has 0 saturated carbocycles. The Morgan fingerprint density at radius 3 is 2.70 bits per heavy atom. The molecule has 11 heteroatoms. The van der Waals surface area contributed by atoms with Crippen LogP contribution in [0.2, 0.25) is 5.02 Å². The Labute approximate surface area is 202 Å². The number of nitrogens with zero attached hydrogens (tertiary/aromatic N) is 4. The topological polar surface area (TPSA) is 103 Å². The number of nitrogens with one attached hydrogen (secondary N) is 2.